The van der Waals surface area contributed by atoms with E-state index in [4.69, 9.17) is 4.74 Å². The first-order valence-corrected chi connectivity index (χ1v) is 15.3. The van der Waals surface area contributed by atoms with Gasteiger partial charge < -0.3 is 15.0 Å². The molecular formula is C32H41N3O5S. The summed E-state index contributed by atoms with van der Waals surface area (Å²) in [6.45, 7) is 9.59. The van der Waals surface area contributed by atoms with Gasteiger partial charge in [-0.25, -0.2) is 8.42 Å². The molecule has 3 aromatic rings. The van der Waals surface area contributed by atoms with Crippen LogP contribution in [0, 0.1) is 20.8 Å². The molecule has 2 amide bonds. The molecule has 0 aromatic heterocycles. The van der Waals surface area contributed by atoms with E-state index in [-0.39, 0.29) is 17.3 Å². The number of methoxy groups -OCH3 is 1. The van der Waals surface area contributed by atoms with E-state index >= 15 is 0 Å². The molecule has 0 spiro atoms. The molecule has 0 aliphatic rings. The van der Waals surface area contributed by atoms with Gasteiger partial charge in [-0.05, 0) is 75.1 Å². The number of aryl methyl sites for hydroxylation is 3. The predicted octanol–water partition coefficient (Wildman–Crippen LogP) is 5.15. The smallest absolute Gasteiger partial charge is 0.264 e. The molecule has 220 valence electrons. The van der Waals surface area contributed by atoms with E-state index in [0.29, 0.717) is 24.4 Å². The van der Waals surface area contributed by atoms with Crippen molar-refractivity contribution < 1.29 is 22.7 Å². The highest BCUT2D eigenvalue weighted by Crippen LogP contribution is 2.28. The first-order valence-electron chi connectivity index (χ1n) is 13.9. The highest BCUT2D eigenvalue weighted by Gasteiger charge is 2.34. The van der Waals surface area contributed by atoms with Gasteiger partial charge in [-0.2, -0.15) is 0 Å². The van der Waals surface area contributed by atoms with Crippen LogP contribution in [0.5, 0.6) is 5.75 Å². The van der Waals surface area contributed by atoms with Crippen molar-refractivity contribution in [3.8, 4) is 5.75 Å². The van der Waals surface area contributed by atoms with Crippen LogP contribution >= 0.6 is 0 Å². The number of benzene rings is 3. The minimum atomic E-state index is -4.11. The number of nitrogens with zero attached hydrogens (tertiary/aromatic N) is 2. The van der Waals surface area contributed by atoms with Crippen LogP contribution in [0.15, 0.2) is 71.6 Å². The van der Waals surface area contributed by atoms with Crippen molar-refractivity contribution in [3.05, 3.63) is 89.0 Å². The molecule has 0 saturated heterocycles. The van der Waals surface area contributed by atoms with Crippen molar-refractivity contribution in [1.82, 2.24) is 10.2 Å². The molecule has 1 atom stereocenters. The monoisotopic (exact) mass is 579 g/mol. The largest absolute Gasteiger partial charge is 0.497 e. The number of carbonyl (C=O) groups excluding carboxylic acids is 2. The number of anilines is 1. The maximum Gasteiger partial charge on any atom is 0.264 e. The standard InChI is InChI=1S/C32H41N3O5S/c1-7-19-33-32(37)29(8-2)34(21-26-12-14-27(40-6)15-13-26)31(36)22-35(30-18-11-24(4)20-25(30)5)41(38,39)28-16-9-23(3)10-17-28/h9-18,20,29H,7-8,19,21-22H2,1-6H3,(H,33,37)/t29-/m0/s1. The zero-order valence-corrected chi connectivity index (χ0v) is 25.6. The molecule has 0 fully saturated rings. The Balaban J connectivity index is 2.07. The van der Waals surface area contributed by atoms with Gasteiger partial charge in [0.05, 0.1) is 17.7 Å². The van der Waals surface area contributed by atoms with Gasteiger partial charge in [0, 0.05) is 13.1 Å². The number of hydrogen-bond donors (Lipinski definition) is 1. The second-order valence-electron chi connectivity index (χ2n) is 10.2. The quantitative estimate of drug-likeness (QED) is 0.302. The average Bonchev–Trinajstić information content (AvgIpc) is 2.95. The number of nitrogens with one attached hydrogen (secondary N) is 1. The normalized spacial score (nSPS) is 12.0. The molecule has 0 aliphatic heterocycles. The summed E-state index contributed by atoms with van der Waals surface area (Å²) in [5, 5.41) is 2.90. The lowest BCUT2D eigenvalue weighted by Crippen LogP contribution is -2.52. The molecule has 3 rings (SSSR count). The van der Waals surface area contributed by atoms with Crippen molar-refractivity contribution >= 4 is 27.5 Å². The summed E-state index contributed by atoms with van der Waals surface area (Å²) in [6, 6.07) is 18.5. The van der Waals surface area contributed by atoms with Crippen LogP contribution in [0.2, 0.25) is 0 Å². The maximum absolute atomic E-state index is 14.2. The molecule has 0 heterocycles. The van der Waals surface area contributed by atoms with Crippen LogP contribution < -0.4 is 14.4 Å². The maximum atomic E-state index is 14.2. The summed E-state index contributed by atoms with van der Waals surface area (Å²) < 4.78 is 34.5. The molecule has 0 unspecified atom stereocenters. The van der Waals surface area contributed by atoms with Crippen molar-refractivity contribution in [2.75, 3.05) is 24.5 Å². The summed E-state index contributed by atoms with van der Waals surface area (Å²) in [5.74, 6) is -0.0739. The van der Waals surface area contributed by atoms with Crippen LogP contribution in [0.3, 0.4) is 0 Å². The van der Waals surface area contributed by atoms with E-state index in [2.05, 4.69) is 5.32 Å². The Labute approximate surface area is 244 Å². The number of amides is 2. The highest BCUT2D eigenvalue weighted by molar-refractivity contribution is 7.92. The Morgan fingerprint density at radius 2 is 1.54 bits per heavy atom. The molecule has 0 aliphatic carbocycles. The van der Waals surface area contributed by atoms with Gasteiger partial charge in [0.25, 0.3) is 10.0 Å². The Bertz CT molecular complexity index is 1440. The van der Waals surface area contributed by atoms with Gasteiger partial charge in [0.1, 0.15) is 18.3 Å². The van der Waals surface area contributed by atoms with Gasteiger partial charge in [-0.3, -0.25) is 13.9 Å². The Morgan fingerprint density at radius 3 is 2.10 bits per heavy atom. The Morgan fingerprint density at radius 1 is 0.902 bits per heavy atom. The third kappa shape index (κ3) is 7.88. The van der Waals surface area contributed by atoms with Crippen molar-refractivity contribution in [3.63, 3.8) is 0 Å². The Kier molecular flexibility index (Phi) is 10.9. The highest BCUT2D eigenvalue weighted by atomic mass is 32.2. The van der Waals surface area contributed by atoms with Crippen LogP contribution in [-0.2, 0) is 26.2 Å². The zero-order chi connectivity index (χ0) is 30.2. The molecule has 9 heteroatoms. The topological polar surface area (TPSA) is 96.0 Å². The number of carbonyl (C=O) groups is 2. The van der Waals surface area contributed by atoms with E-state index in [0.717, 1.165) is 33.0 Å². The summed E-state index contributed by atoms with van der Waals surface area (Å²) in [6.07, 6.45) is 1.12. The second kappa shape index (κ2) is 14.2. The lowest BCUT2D eigenvalue weighted by atomic mass is 10.1. The minimum absolute atomic E-state index is 0.0882. The van der Waals surface area contributed by atoms with E-state index in [1.54, 1.807) is 49.6 Å². The van der Waals surface area contributed by atoms with Crippen LogP contribution in [0.4, 0.5) is 5.69 Å². The zero-order valence-electron chi connectivity index (χ0n) is 24.8. The predicted molar refractivity (Wildman–Crippen MR) is 163 cm³/mol. The van der Waals surface area contributed by atoms with Gasteiger partial charge in [0.15, 0.2) is 0 Å². The lowest BCUT2D eigenvalue weighted by molar-refractivity contribution is -0.140. The van der Waals surface area contributed by atoms with Gasteiger partial charge in [-0.1, -0.05) is 61.4 Å². The molecule has 41 heavy (non-hydrogen) atoms. The number of hydrogen-bond acceptors (Lipinski definition) is 5. The lowest BCUT2D eigenvalue weighted by Gasteiger charge is -2.33. The molecule has 1 N–H and O–H groups in total. The van der Waals surface area contributed by atoms with Crippen molar-refractivity contribution in [2.45, 2.75) is 64.9 Å². The summed E-state index contributed by atoms with van der Waals surface area (Å²) in [5.41, 5.74) is 3.83. The van der Waals surface area contributed by atoms with E-state index < -0.39 is 28.5 Å². The fourth-order valence-electron chi connectivity index (χ4n) is 4.65. The second-order valence-corrected chi connectivity index (χ2v) is 12.1. The van der Waals surface area contributed by atoms with E-state index in [1.165, 1.54) is 4.90 Å². The van der Waals surface area contributed by atoms with Gasteiger partial charge >= 0.3 is 0 Å². The molecule has 0 saturated carbocycles. The van der Waals surface area contributed by atoms with Crippen LogP contribution in [-0.4, -0.2) is 51.4 Å². The first-order chi connectivity index (χ1) is 19.5. The van der Waals surface area contributed by atoms with E-state index in [1.807, 2.05) is 58.9 Å². The van der Waals surface area contributed by atoms with Crippen LogP contribution in [0.25, 0.3) is 0 Å². The average molecular weight is 580 g/mol. The summed E-state index contributed by atoms with van der Waals surface area (Å²) >= 11 is 0. The summed E-state index contributed by atoms with van der Waals surface area (Å²) in [7, 11) is -2.54. The molecule has 8 nitrogen and oxygen atoms in total. The molecular weight excluding hydrogens is 538 g/mol. The fourth-order valence-corrected chi connectivity index (χ4v) is 6.13. The van der Waals surface area contributed by atoms with Gasteiger partial charge in [0.2, 0.25) is 11.8 Å². The van der Waals surface area contributed by atoms with Crippen LogP contribution in [0.1, 0.15) is 48.9 Å². The van der Waals surface area contributed by atoms with Crippen molar-refractivity contribution in [2.24, 2.45) is 0 Å². The number of ether oxygens (including phenoxy) is 1. The van der Waals surface area contributed by atoms with Gasteiger partial charge in [-0.15, -0.1) is 0 Å². The molecule has 3 aromatic carbocycles. The summed E-state index contributed by atoms with van der Waals surface area (Å²) in [4.78, 5) is 28.9. The van der Waals surface area contributed by atoms with Crippen molar-refractivity contribution in [1.29, 1.82) is 0 Å². The first kappa shape index (κ1) is 31.7. The third-order valence-corrected chi connectivity index (χ3v) is 8.73. The number of sulfonamides is 1. The SMILES string of the molecule is CCCNC(=O)[C@H](CC)N(Cc1ccc(OC)cc1)C(=O)CN(c1ccc(C)cc1C)S(=O)(=O)c1ccc(C)cc1. The van der Waals surface area contributed by atoms with E-state index in [9.17, 15) is 18.0 Å². The minimum Gasteiger partial charge on any atom is -0.497 e. The fraction of sp³-hybridized carbons (Fsp3) is 0.375. The Hall–Kier alpha value is -3.85. The third-order valence-electron chi connectivity index (χ3n) is 6.96. The molecule has 0 radical (unpaired) electrons. The molecule has 0 bridgehead atoms. The number of rotatable bonds is 13.